The first-order valence-corrected chi connectivity index (χ1v) is 7.42. The summed E-state index contributed by atoms with van der Waals surface area (Å²) in [5, 5.41) is 11.0. The van der Waals surface area contributed by atoms with Crippen LogP contribution in [0, 0.1) is 0 Å². The van der Waals surface area contributed by atoms with Crippen molar-refractivity contribution >= 4 is 11.8 Å². The van der Waals surface area contributed by atoms with E-state index in [2.05, 4.69) is 25.5 Å². The van der Waals surface area contributed by atoms with Crippen LogP contribution in [-0.2, 0) is 0 Å². The highest BCUT2D eigenvalue weighted by Gasteiger charge is 2.10. The molecule has 0 saturated heterocycles. The van der Waals surface area contributed by atoms with E-state index >= 15 is 0 Å². The lowest BCUT2D eigenvalue weighted by molar-refractivity contribution is 0.584. The van der Waals surface area contributed by atoms with Crippen LogP contribution in [0.2, 0.25) is 0 Å². The molecule has 4 aromatic rings. The lowest BCUT2D eigenvalue weighted by Gasteiger charge is -2.04. The van der Waals surface area contributed by atoms with Crippen LogP contribution in [0.15, 0.2) is 77.5 Å². The molecule has 1 N–H and O–H groups in total. The largest absolute Gasteiger partial charge is 0.401 e. The van der Waals surface area contributed by atoms with Gasteiger partial charge in [-0.3, -0.25) is 10.3 Å². The Morgan fingerprint density at radius 2 is 1.62 bits per heavy atom. The van der Waals surface area contributed by atoms with E-state index in [4.69, 9.17) is 4.42 Å². The van der Waals surface area contributed by atoms with Gasteiger partial charge >= 0.3 is 6.01 Å². The Morgan fingerprint density at radius 3 is 2.46 bits per heavy atom. The SMILES string of the molecule is c1ccc(-c2ccnc(Nc3nnc(-c4ccccn4)o3)c2)cc1. The molecule has 4 rings (SSSR count). The number of nitrogens with zero attached hydrogens (tertiary/aromatic N) is 4. The Balaban J connectivity index is 1.57. The second-order valence-electron chi connectivity index (χ2n) is 5.05. The molecule has 0 atom stereocenters. The lowest BCUT2D eigenvalue weighted by Crippen LogP contribution is -1.93. The van der Waals surface area contributed by atoms with Crippen molar-refractivity contribution in [3.05, 3.63) is 73.1 Å². The van der Waals surface area contributed by atoms with Gasteiger partial charge in [-0.05, 0) is 35.4 Å². The first kappa shape index (κ1) is 14.1. The van der Waals surface area contributed by atoms with Gasteiger partial charge < -0.3 is 4.42 Å². The normalized spacial score (nSPS) is 10.5. The first-order valence-electron chi connectivity index (χ1n) is 7.42. The van der Waals surface area contributed by atoms with E-state index in [9.17, 15) is 0 Å². The fourth-order valence-corrected chi connectivity index (χ4v) is 2.29. The second kappa shape index (κ2) is 6.29. The van der Waals surface area contributed by atoms with Crippen molar-refractivity contribution in [3.63, 3.8) is 0 Å². The minimum absolute atomic E-state index is 0.272. The number of rotatable bonds is 4. The average Bonchev–Trinajstić information content (AvgIpc) is 3.12. The molecule has 0 amide bonds. The smallest absolute Gasteiger partial charge is 0.321 e. The quantitative estimate of drug-likeness (QED) is 0.614. The van der Waals surface area contributed by atoms with E-state index in [1.54, 1.807) is 12.4 Å². The predicted octanol–water partition coefficient (Wildman–Crippen LogP) is 3.94. The molecule has 0 aliphatic heterocycles. The Morgan fingerprint density at radius 1 is 0.750 bits per heavy atom. The van der Waals surface area contributed by atoms with E-state index in [-0.39, 0.29) is 6.01 Å². The summed E-state index contributed by atoms with van der Waals surface area (Å²) in [4.78, 5) is 8.47. The summed E-state index contributed by atoms with van der Waals surface area (Å²) in [7, 11) is 0. The van der Waals surface area contributed by atoms with Crippen molar-refractivity contribution in [3.8, 4) is 22.7 Å². The lowest BCUT2D eigenvalue weighted by atomic mass is 10.1. The number of pyridine rings is 2. The van der Waals surface area contributed by atoms with Gasteiger partial charge in [0.15, 0.2) is 0 Å². The topological polar surface area (TPSA) is 76.7 Å². The van der Waals surface area contributed by atoms with E-state index in [1.165, 1.54) is 0 Å². The van der Waals surface area contributed by atoms with Gasteiger partial charge in [0.25, 0.3) is 5.89 Å². The first-order chi connectivity index (χ1) is 11.9. The van der Waals surface area contributed by atoms with Crippen LogP contribution in [0.4, 0.5) is 11.8 Å². The summed E-state index contributed by atoms with van der Waals surface area (Å²) < 4.78 is 5.58. The van der Waals surface area contributed by atoms with Crippen LogP contribution in [0.25, 0.3) is 22.7 Å². The molecule has 6 heteroatoms. The minimum Gasteiger partial charge on any atom is -0.401 e. The van der Waals surface area contributed by atoms with Crippen molar-refractivity contribution < 1.29 is 4.42 Å². The van der Waals surface area contributed by atoms with Crippen molar-refractivity contribution in [2.75, 3.05) is 5.32 Å². The molecule has 0 spiro atoms. The van der Waals surface area contributed by atoms with Gasteiger partial charge in [0.2, 0.25) is 0 Å². The Hall–Kier alpha value is -3.54. The zero-order valence-corrected chi connectivity index (χ0v) is 12.6. The number of benzene rings is 1. The molecule has 3 aromatic heterocycles. The molecule has 0 fully saturated rings. The molecule has 116 valence electrons. The van der Waals surface area contributed by atoms with Gasteiger partial charge in [-0.15, -0.1) is 5.10 Å². The van der Waals surface area contributed by atoms with Gasteiger partial charge in [-0.25, -0.2) is 4.98 Å². The van der Waals surface area contributed by atoms with Gasteiger partial charge in [0, 0.05) is 12.4 Å². The van der Waals surface area contributed by atoms with Crippen LogP contribution in [0.3, 0.4) is 0 Å². The Kier molecular flexibility index (Phi) is 3.69. The Labute approximate surface area is 138 Å². The van der Waals surface area contributed by atoms with Crippen molar-refractivity contribution in [2.45, 2.75) is 0 Å². The summed E-state index contributed by atoms with van der Waals surface area (Å²) in [5.41, 5.74) is 2.80. The molecular formula is C18H13N5O. The maximum absolute atomic E-state index is 5.58. The molecule has 1 aromatic carbocycles. The highest BCUT2D eigenvalue weighted by Crippen LogP contribution is 2.23. The van der Waals surface area contributed by atoms with E-state index in [0.717, 1.165) is 11.1 Å². The number of hydrogen-bond acceptors (Lipinski definition) is 6. The third kappa shape index (κ3) is 2.98. The number of hydrogen-bond donors (Lipinski definition) is 1. The third-order valence-electron chi connectivity index (χ3n) is 3.41. The summed E-state index contributed by atoms with van der Waals surface area (Å²) in [5.74, 6) is 0.991. The van der Waals surface area contributed by atoms with Crippen LogP contribution < -0.4 is 5.32 Å². The molecule has 24 heavy (non-hydrogen) atoms. The standard InChI is InChI=1S/C18H13N5O/c1-2-6-13(7-3-1)14-9-11-20-16(12-14)21-18-23-22-17(24-18)15-8-4-5-10-19-15/h1-12H,(H,20,21,23). The van der Waals surface area contributed by atoms with Crippen LogP contribution >= 0.6 is 0 Å². The number of aromatic nitrogens is 4. The summed E-state index contributed by atoms with van der Waals surface area (Å²) >= 11 is 0. The van der Waals surface area contributed by atoms with Gasteiger partial charge in [0.1, 0.15) is 11.5 Å². The average molecular weight is 315 g/mol. The predicted molar refractivity (Wildman–Crippen MR) is 90.5 cm³/mol. The van der Waals surface area contributed by atoms with E-state index in [0.29, 0.717) is 17.4 Å². The van der Waals surface area contributed by atoms with Crippen molar-refractivity contribution in [1.82, 2.24) is 20.2 Å². The van der Waals surface area contributed by atoms with Gasteiger partial charge in [-0.2, -0.15) is 0 Å². The van der Waals surface area contributed by atoms with Crippen molar-refractivity contribution in [1.29, 1.82) is 0 Å². The molecule has 0 saturated carbocycles. The molecule has 0 unspecified atom stereocenters. The van der Waals surface area contributed by atoms with Crippen LogP contribution in [-0.4, -0.2) is 20.2 Å². The molecule has 3 heterocycles. The molecular weight excluding hydrogens is 302 g/mol. The van der Waals surface area contributed by atoms with E-state index in [1.807, 2.05) is 60.7 Å². The summed E-state index contributed by atoms with van der Waals surface area (Å²) in [6.45, 7) is 0. The molecule has 0 radical (unpaired) electrons. The highest BCUT2D eigenvalue weighted by molar-refractivity contribution is 5.67. The zero-order valence-electron chi connectivity index (χ0n) is 12.6. The van der Waals surface area contributed by atoms with Crippen LogP contribution in [0.1, 0.15) is 0 Å². The van der Waals surface area contributed by atoms with Gasteiger partial charge in [-0.1, -0.05) is 41.5 Å². The highest BCUT2D eigenvalue weighted by atomic mass is 16.4. The molecule has 6 nitrogen and oxygen atoms in total. The third-order valence-corrected chi connectivity index (χ3v) is 3.41. The summed E-state index contributed by atoms with van der Waals surface area (Å²) in [6, 6.07) is 19.7. The zero-order chi connectivity index (χ0) is 16.2. The fourth-order valence-electron chi connectivity index (χ4n) is 2.29. The Bertz CT molecular complexity index is 938. The second-order valence-corrected chi connectivity index (χ2v) is 5.05. The van der Waals surface area contributed by atoms with Gasteiger partial charge in [0.05, 0.1) is 0 Å². The maximum atomic E-state index is 5.58. The molecule has 0 aliphatic rings. The van der Waals surface area contributed by atoms with Crippen molar-refractivity contribution in [2.24, 2.45) is 0 Å². The summed E-state index contributed by atoms with van der Waals surface area (Å²) in [6.07, 6.45) is 3.41. The molecule has 0 aliphatic carbocycles. The van der Waals surface area contributed by atoms with E-state index < -0.39 is 0 Å². The minimum atomic E-state index is 0.272. The van der Waals surface area contributed by atoms with Crippen LogP contribution in [0.5, 0.6) is 0 Å². The monoisotopic (exact) mass is 315 g/mol. The fraction of sp³-hybridized carbons (Fsp3) is 0. The maximum Gasteiger partial charge on any atom is 0.321 e. The number of anilines is 2. The molecule has 0 bridgehead atoms. The number of nitrogens with one attached hydrogen (secondary N) is 1.